The van der Waals surface area contributed by atoms with Crippen LogP contribution in [0, 0.1) is 11.2 Å². The van der Waals surface area contributed by atoms with Crippen molar-refractivity contribution in [1.82, 2.24) is 4.90 Å². The number of nitrogens with two attached hydrogens (primary N) is 1. The van der Waals surface area contributed by atoms with Gasteiger partial charge in [0.1, 0.15) is 5.82 Å². The van der Waals surface area contributed by atoms with Gasteiger partial charge >= 0.3 is 0 Å². The zero-order chi connectivity index (χ0) is 16.0. The van der Waals surface area contributed by atoms with Crippen molar-refractivity contribution in [2.24, 2.45) is 11.1 Å². The minimum Gasteiger partial charge on any atom is -0.341 e. The van der Waals surface area contributed by atoms with E-state index >= 15 is 0 Å². The van der Waals surface area contributed by atoms with Crippen LogP contribution in [0.3, 0.4) is 0 Å². The summed E-state index contributed by atoms with van der Waals surface area (Å²) in [5, 5.41) is 0. The van der Waals surface area contributed by atoms with Crippen molar-refractivity contribution >= 4 is 5.91 Å². The van der Waals surface area contributed by atoms with Crippen LogP contribution in [0.15, 0.2) is 24.3 Å². The summed E-state index contributed by atoms with van der Waals surface area (Å²) in [5.74, 6) is -0.270. The van der Waals surface area contributed by atoms with Gasteiger partial charge in [0, 0.05) is 13.1 Å². The summed E-state index contributed by atoms with van der Waals surface area (Å²) in [6.45, 7) is 9.17. The molecule has 0 unspecified atom stereocenters. The highest BCUT2D eigenvalue weighted by atomic mass is 19.1. The first-order valence-corrected chi connectivity index (χ1v) is 7.54. The molecule has 0 bridgehead atoms. The topological polar surface area (TPSA) is 46.3 Å². The van der Waals surface area contributed by atoms with Gasteiger partial charge in [0.25, 0.3) is 0 Å². The van der Waals surface area contributed by atoms with Gasteiger partial charge in [-0.3, -0.25) is 4.79 Å². The second-order valence-electron chi connectivity index (χ2n) is 6.55. The van der Waals surface area contributed by atoms with Gasteiger partial charge in [-0.1, -0.05) is 39.8 Å². The van der Waals surface area contributed by atoms with Crippen LogP contribution in [0.4, 0.5) is 4.39 Å². The van der Waals surface area contributed by atoms with Crippen LogP contribution in [0.2, 0.25) is 0 Å². The second-order valence-corrected chi connectivity index (χ2v) is 6.55. The zero-order valence-electron chi connectivity index (χ0n) is 13.5. The SMILES string of the molecule is CCCN(CCc1cccc(F)c1)C(=O)[C@@H](N)C(C)(C)C. The summed E-state index contributed by atoms with van der Waals surface area (Å²) in [5.41, 5.74) is 6.70. The molecule has 2 N–H and O–H groups in total. The number of carbonyl (C=O) groups excluding carboxylic acids is 1. The molecule has 0 aliphatic carbocycles. The van der Waals surface area contributed by atoms with Crippen LogP contribution in [-0.4, -0.2) is 29.9 Å². The first-order chi connectivity index (χ1) is 9.75. The molecule has 0 radical (unpaired) electrons. The molecule has 118 valence electrons. The molecule has 1 atom stereocenters. The summed E-state index contributed by atoms with van der Waals surface area (Å²) in [6, 6.07) is 5.99. The smallest absolute Gasteiger partial charge is 0.240 e. The molecule has 0 fully saturated rings. The lowest BCUT2D eigenvalue weighted by Crippen LogP contribution is -2.51. The van der Waals surface area contributed by atoms with E-state index < -0.39 is 6.04 Å². The van der Waals surface area contributed by atoms with Gasteiger partial charge < -0.3 is 10.6 Å². The van der Waals surface area contributed by atoms with Gasteiger partial charge in [0.05, 0.1) is 6.04 Å². The monoisotopic (exact) mass is 294 g/mol. The van der Waals surface area contributed by atoms with Crippen molar-refractivity contribution in [2.75, 3.05) is 13.1 Å². The van der Waals surface area contributed by atoms with Crippen LogP contribution < -0.4 is 5.73 Å². The second kappa shape index (κ2) is 7.55. The normalized spacial score (nSPS) is 13.0. The van der Waals surface area contributed by atoms with Gasteiger partial charge in [-0.2, -0.15) is 0 Å². The van der Waals surface area contributed by atoms with Crippen LogP contribution in [0.25, 0.3) is 0 Å². The van der Waals surface area contributed by atoms with E-state index in [0.29, 0.717) is 19.5 Å². The van der Waals surface area contributed by atoms with Crippen molar-refractivity contribution in [3.8, 4) is 0 Å². The van der Waals surface area contributed by atoms with Crippen molar-refractivity contribution in [3.63, 3.8) is 0 Å². The maximum atomic E-state index is 13.2. The largest absolute Gasteiger partial charge is 0.341 e. The van der Waals surface area contributed by atoms with Crippen LogP contribution in [-0.2, 0) is 11.2 Å². The molecular formula is C17H27FN2O. The number of hydrogen-bond acceptors (Lipinski definition) is 2. The molecule has 4 heteroatoms. The first kappa shape index (κ1) is 17.6. The molecular weight excluding hydrogens is 267 g/mol. The number of rotatable bonds is 6. The highest BCUT2D eigenvalue weighted by molar-refractivity contribution is 5.82. The summed E-state index contributed by atoms with van der Waals surface area (Å²) >= 11 is 0. The number of halogens is 1. The molecule has 0 heterocycles. The Hall–Kier alpha value is -1.42. The van der Waals surface area contributed by atoms with E-state index in [4.69, 9.17) is 5.73 Å². The maximum Gasteiger partial charge on any atom is 0.240 e. The summed E-state index contributed by atoms with van der Waals surface area (Å²) < 4.78 is 13.2. The highest BCUT2D eigenvalue weighted by Crippen LogP contribution is 2.19. The van der Waals surface area contributed by atoms with E-state index in [2.05, 4.69) is 0 Å². The molecule has 0 saturated carbocycles. The maximum absolute atomic E-state index is 13.2. The molecule has 1 amide bonds. The van der Waals surface area contributed by atoms with Crippen molar-refractivity contribution in [1.29, 1.82) is 0 Å². The minimum absolute atomic E-state index is 0.0271. The van der Waals surface area contributed by atoms with Crippen molar-refractivity contribution < 1.29 is 9.18 Å². The Labute approximate surface area is 127 Å². The van der Waals surface area contributed by atoms with Crippen molar-refractivity contribution in [2.45, 2.75) is 46.6 Å². The van der Waals surface area contributed by atoms with E-state index in [1.165, 1.54) is 12.1 Å². The predicted molar refractivity (Wildman–Crippen MR) is 84.4 cm³/mol. The molecule has 0 saturated heterocycles. The lowest BCUT2D eigenvalue weighted by atomic mass is 9.86. The third-order valence-electron chi connectivity index (χ3n) is 3.56. The molecule has 1 aromatic rings. The van der Waals surface area contributed by atoms with E-state index in [1.54, 1.807) is 11.0 Å². The Morgan fingerprint density at radius 3 is 2.52 bits per heavy atom. The van der Waals surface area contributed by atoms with E-state index in [9.17, 15) is 9.18 Å². The van der Waals surface area contributed by atoms with E-state index in [0.717, 1.165) is 12.0 Å². The van der Waals surface area contributed by atoms with Gasteiger partial charge in [0.15, 0.2) is 0 Å². The first-order valence-electron chi connectivity index (χ1n) is 7.54. The fourth-order valence-corrected chi connectivity index (χ4v) is 2.13. The number of hydrogen-bond donors (Lipinski definition) is 1. The van der Waals surface area contributed by atoms with Gasteiger partial charge in [-0.15, -0.1) is 0 Å². The standard InChI is InChI=1S/C17H27FN2O/c1-5-10-20(16(21)15(19)17(2,3)4)11-9-13-7-6-8-14(18)12-13/h6-8,12,15H,5,9-11,19H2,1-4H3/t15-/m1/s1. The van der Waals surface area contributed by atoms with Gasteiger partial charge in [0.2, 0.25) is 5.91 Å². The lowest BCUT2D eigenvalue weighted by Gasteiger charge is -2.32. The Morgan fingerprint density at radius 2 is 2.00 bits per heavy atom. The Kier molecular flexibility index (Phi) is 6.34. The molecule has 21 heavy (non-hydrogen) atoms. The average molecular weight is 294 g/mol. The quantitative estimate of drug-likeness (QED) is 0.876. The zero-order valence-corrected chi connectivity index (χ0v) is 13.5. The molecule has 0 aliphatic rings. The van der Waals surface area contributed by atoms with Crippen LogP contribution in [0.5, 0.6) is 0 Å². The number of nitrogens with zero attached hydrogens (tertiary/aromatic N) is 1. The molecule has 1 aromatic carbocycles. The van der Waals surface area contributed by atoms with Gasteiger partial charge in [-0.25, -0.2) is 4.39 Å². The fourth-order valence-electron chi connectivity index (χ4n) is 2.13. The molecule has 0 aliphatic heterocycles. The predicted octanol–water partition coefficient (Wildman–Crippen LogP) is 2.98. The molecule has 0 aromatic heterocycles. The highest BCUT2D eigenvalue weighted by Gasteiger charge is 2.30. The molecule has 3 nitrogen and oxygen atoms in total. The number of carbonyl (C=O) groups is 1. The van der Waals surface area contributed by atoms with E-state index in [-0.39, 0.29) is 17.1 Å². The molecule has 1 rings (SSSR count). The summed E-state index contributed by atoms with van der Waals surface area (Å²) in [6.07, 6.45) is 1.52. The fraction of sp³-hybridized carbons (Fsp3) is 0.588. The van der Waals surface area contributed by atoms with Crippen LogP contribution >= 0.6 is 0 Å². The molecule has 0 spiro atoms. The van der Waals surface area contributed by atoms with Gasteiger partial charge in [-0.05, 0) is 36.0 Å². The Balaban J connectivity index is 2.71. The van der Waals surface area contributed by atoms with Crippen molar-refractivity contribution in [3.05, 3.63) is 35.6 Å². The number of benzene rings is 1. The third-order valence-corrected chi connectivity index (χ3v) is 3.56. The minimum atomic E-state index is -0.517. The Bertz CT molecular complexity index is 468. The number of amides is 1. The third kappa shape index (κ3) is 5.46. The van der Waals surface area contributed by atoms with Crippen LogP contribution in [0.1, 0.15) is 39.7 Å². The lowest BCUT2D eigenvalue weighted by molar-refractivity contribution is -0.135. The van der Waals surface area contributed by atoms with E-state index in [1.807, 2.05) is 33.8 Å². The average Bonchev–Trinajstić information content (AvgIpc) is 2.41. The summed E-state index contributed by atoms with van der Waals surface area (Å²) in [7, 11) is 0. The summed E-state index contributed by atoms with van der Waals surface area (Å²) in [4.78, 5) is 14.3. The Morgan fingerprint density at radius 1 is 1.33 bits per heavy atom.